The molecule has 2 aromatic heterocycles. The van der Waals surface area contributed by atoms with Crippen LogP contribution in [0.15, 0.2) is 67.3 Å². The lowest BCUT2D eigenvalue weighted by atomic mass is 10.1. The maximum atomic E-state index is 12.8. The topological polar surface area (TPSA) is 277 Å². The van der Waals surface area contributed by atoms with Gasteiger partial charge in [-0.2, -0.15) is 31.8 Å². The Morgan fingerprint density at radius 1 is 0.979 bits per heavy atom. The fourth-order valence-electron chi connectivity index (χ4n) is 3.95. The first-order valence-corrected chi connectivity index (χ1v) is 16.9. The van der Waals surface area contributed by atoms with Crippen molar-refractivity contribution in [2.45, 2.75) is 35.9 Å². The number of pyridine rings is 1. The number of azo groups is 1. The molecule has 250 valence electrons. The smallest absolute Gasteiger partial charge is 0.294 e. The summed E-state index contributed by atoms with van der Waals surface area (Å²) in [5.41, 5.74) is -0.783. The van der Waals surface area contributed by atoms with Crippen LogP contribution < -0.4 is 16.2 Å². The Hall–Kier alpha value is -4.26. The first-order valence-electron chi connectivity index (χ1n) is 12.7. The van der Waals surface area contributed by atoms with Crippen molar-refractivity contribution in [2.75, 3.05) is 10.6 Å². The zero-order valence-corrected chi connectivity index (χ0v) is 27.1. The molecule has 0 aliphatic carbocycles. The van der Waals surface area contributed by atoms with E-state index in [4.69, 9.17) is 21.4 Å². The molecule has 0 aliphatic heterocycles. The average Bonchev–Trinajstić information content (AvgIpc) is 2.98. The van der Waals surface area contributed by atoms with Gasteiger partial charge in [0.25, 0.3) is 25.8 Å². The summed E-state index contributed by atoms with van der Waals surface area (Å²) in [6, 6.07) is 9.43. The summed E-state index contributed by atoms with van der Waals surface area (Å²) in [7, 11) is -9.01. The van der Waals surface area contributed by atoms with Gasteiger partial charge in [-0.1, -0.05) is 5.04 Å². The number of rotatable bonds is 13. The van der Waals surface area contributed by atoms with Gasteiger partial charge < -0.3 is 15.7 Å². The fourth-order valence-corrected chi connectivity index (χ4v) is 5.71. The Labute approximate surface area is 274 Å². The molecule has 0 amide bonds. The van der Waals surface area contributed by atoms with Crippen LogP contribution >= 0.6 is 23.6 Å². The highest BCUT2D eigenvalue weighted by atomic mass is 35.5. The third-order valence-electron chi connectivity index (χ3n) is 6.07. The Morgan fingerprint density at radius 3 is 2.17 bits per heavy atom. The molecular weight excluding hydrogens is 708 g/mol. The molecule has 0 saturated carbocycles. The Morgan fingerprint density at radius 2 is 1.60 bits per heavy atom. The number of nitrogens with zero attached hydrogens (tertiary/aromatic N) is 6. The monoisotopic (exact) mass is 730 g/mol. The van der Waals surface area contributed by atoms with Gasteiger partial charge in [-0.05, 0) is 73.5 Å². The van der Waals surface area contributed by atoms with Crippen molar-refractivity contribution in [3.05, 3.63) is 69.2 Å². The van der Waals surface area contributed by atoms with E-state index in [0.29, 0.717) is 23.4 Å². The number of anilines is 4. The second-order valence-corrected chi connectivity index (χ2v) is 13.1. The zero-order valence-electron chi connectivity index (χ0n) is 23.9. The summed E-state index contributed by atoms with van der Waals surface area (Å²) >= 11 is 6.60. The number of nitrogens with one attached hydrogen (secondary N) is 2. The van der Waals surface area contributed by atoms with Crippen molar-refractivity contribution in [3.63, 3.8) is 0 Å². The van der Waals surface area contributed by atoms with E-state index >= 15 is 0 Å². The van der Waals surface area contributed by atoms with Gasteiger partial charge in [0.05, 0.1) is 21.8 Å². The highest BCUT2D eigenvalue weighted by Crippen LogP contribution is 2.37. The van der Waals surface area contributed by atoms with E-state index in [2.05, 4.69) is 45.2 Å². The predicted molar refractivity (Wildman–Crippen MR) is 167 cm³/mol. The Kier molecular flexibility index (Phi) is 11.1. The summed E-state index contributed by atoms with van der Waals surface area (Å²) in [6.07, 6.45) is 0. The van der Waals surface area contributed by atoms with Crippen LogP contribution in [-0.2, 0) is 41.9 Å². The molecule has 0 spiro atoms. The van der Waals surface area contributed by atoms with Gasteiger partial charge in [-0.15, -0.1) is 14.6 Å². The predicted octanol–water partition coefficient (Wildman–Crippen LogP) is 4.69. The lowest BCUT2D eigenvalue weighted by Crippen LogP contribution is -2.26. The average molecular weight is 731 g/mol. The van der Waals surface area contributed by atoms with E-state index in [9.17, 15) is 31.3 Å². The maximum Gasteiger partial charge on any atom is 0.294 e. The number of hydrogen-bond acceptors (Lipinski definition) is 17. The number of benzene rings is 2. The van der Waals surface area contributed by atoms with Crippen molar-refractivity contribution in [3.8, 4) is 5.88 Å². The molecule has 23 heteroatoms. The second kappa shape index (κ2) is 14.7. The molecule has 0 fully saturated rings. The van der Waals surface area contributed by atoms with Crippen LogP contribution in [0, 0.1) is 6.92 Å². The van der Waals surface area contributed by atoms with Crippen LogP contribution in [-0.4, -0.2) is 55.8 Å². The van der Waals surface area contributed by atoms with Crippen molar-refractivity contribution in [1.29, 1.82) is 0 Å². The van der Waals surface area contributed by atoms with Crippen molar-refractivity contribution in [2.24, 2.45) is 10.2 Å². The first-order chi connectivity index (χ1) is 22.1. The molecule has 4 aromatic rings. The van der Waals surface area contributed by atoms with Gasteiger partial charge in [0.1, 0.15) is 17.1 Å². The molecule has 0 atom stereocenters. The summed E-state index contributed by atoms with van der Waals surface area (Å²) < 4.78 is 69.6. The molecule has 0 aliphatic rings. The highest BCUT2D eigenvalue weighted by molar-refractivity contribution is 7.94. The van der Waals surface area contributed by atoms with Gasteiger partial charge in [-0.25, -0.2) is 5.26 Å². The molecule has 4 rings (SSSR count). The van der Waals surface area contributed by atoms with Crippen molar-refractivity contribution < 1.29 is 45.7 Å². The van der Waals surface area contributed by atoms with Gasteiger partial charge in [0.15, 0.2) is 0 Å². The summed E-state index contributed by atoms with van der Waals surface area (Å²) in [6.45, 7) is 2.79. The van der Waals surface area contributed by atoms with Crippen molar-refractivity contribution in [1.82, 2.24) is 19.5 Å². The minimum absolute atomic E-state index is 0.0367. The minimum Gasteiger partial charge on any atom is -0.493 e. The Bertz CT molecular complexity index is 2110. The number of aromatic hydroxyl groups is 1. The van der Waals surface area contributed by atoms with E-state index in [1.807, 2.05) is 0 Å². The quantitative estimate of drug-likeness (QED) is 0.0358. The van der Waals surface area contributed by atoms with Crippen LogP contribution in [0.4, 0.5) is 34.6 Å². The zero-order chi connectivity index (χ0) is 34.5. The summed E-state index contributed by atoms with van der Waals surface area (Å²) in [5.74, 6) is -1.73. The molecule has 2 heterocycles. The van der Waals surface area contributed by atoms with E-state index < -0.39 is 37.4 Å². The first kappa shape index (κ1) is 35.6. The number of halogens is 1. The SMILES string of the molecule is CCn1c(O)c(N=Nc2cc(Nc3nc(Cl)nc(Nc4ccc(S(=O)(=O)O)cc4)n3)ccc2SOOO)c(C)c(CS(=O)(=O)O)c1=O. The van der Waals surface area contributed by atoms with E-state index in [1.54, 1.807) is 0 Å². The largest absolute Gasteiger partial charge is 0.493 e. The minimum atomic E-state index is -4.62. The molecule has 19 nitrogen and oxygen atoms in total. The van der Waals surface area contributed by atoms with Crippen LogP contribution in [0.3, 0.4) is 0 Å². The van der Waals surface area contributed by atoms with Gasteiger partial charge in [-0.3, -0.25) is 18.5 Å². The molecule has 47 heavy (non-hydrogen) atoms. The van der Waals surface area contributed by atoms with Crippen LogP contribution in [0.2, 0.25) is 5.28 Å². The van der Waals surface area contributed by atoms with E-state index in [1.165, 1.54) is 44.2 Å². The third kappa shape index (κ3) is 9.18. The molecule has 2 aromatic carbocycles. The van der Waals surface area contributed by atoms with Crippen LogP contribution in [0.1, 0.15) is 18.1 Å². The van der Waals surface area contributed by atoms with Gasteiger partial charge in [0, 0.05) is 23.5 Å². The molecule has 0 radical (unpaired) electrons. The standard InChI is InChI=1S/C24H23ClN8O11S3/c1-3-33-20(34)16(11-46(37,38)39)12(2)19(21(33)35)32-31-17-10-14(6-9-18(17)45-44-43-36)27-24-29-22(25)28-23(30-24)26-13-4-7-15(8-5-13)47(40,41)42/h4-10,35-36H,3,11H2,1-2H3,(H,37,38,39)(H,40,41,42)(H2,26,27,28,29,30). The van der Waals surface area contributed by atoms with Crippen LogP contribution in [0.5, 0.6) is 5.88 Å². The molecule has 0 bridgehead atoms. The Balaban J connectivity index is 1.69. The van der Waals surface area contributed by atoms with E-state index in [0.717, 1.165) is 16.7 Å². The lowest BCUT2D eigenvalue weighted by molar-refractivity contribution is -0.432. The highest BCUT2D eigenvalue weighted by Gasteiger charge is 2.22. The normalized spacial score (nSPS) is 12.0. The lowest BCUT2D eigenvalue weighted by Gasteiger charge is -2.14. The van der Waals surface area contributed by atoms with Gasteiger partial charge in [0.2, 0.25) is 23.1 Å². The number of hydrogen-bond donors (Lipinski definition) is 6. The second-order valence-electron chi connectivity index (χ2n) is 9.16. The molecule has 0 saturated heterocycles. The molecular formula is C24H23ClN8O11S3. The summed E-state index contributed by atoms with van der Waals surface area (Å²) in [5, 5.41) is 36.7. The van der Waals surface area contributed by atoms with Crippen molar-refractivity contribution >= 4 is 78.5 Å². The fraction of sp³-hybridized carbons (Fsp3) is 0.167. The summed E-state index contributed by atoms with van der Waals surface area (Å²) in [4.78, 5) is 24.9. The third-order valence-corrected chi connectivity index (χ3v) is 8.41. The van der Waals surface area contributed by atoms with Crippen LogP contribution in [0.25, 0.3) is 0 Å². The van der Waals surface area contributed by atoms with E-state index in [-0.39, 0.29) is 56.0 Å². The maximum absolute atomic E-state index is 12.8. The van der Waals surface area contributed by atoms with Gasteiger partial charge >= 0.3 is 0 Å². The molecule has 0 unspecified atom stereocenters. The molecule has 6 N–H and O–H groups in total. The number of aromatic nitrogens is 4.